The zero-order valence-electron chi connectivity index (χ0n) is 37.4. The van der Waals surface area contributed by atoms with E-state index >= 15 is 0 Å². The Balaban J connectivity index is 4.19. The van der Waals surface area contributed by atoms with Crippen LogP contribution in [0, 0.1) is 0 Å². The summed E-state index contributed by atoms with van der Waals surface area (Å²) in [4.78, 5) is 35.3. The predicted octanol–water partition coefficient (Wildman–Crippen LogP) is 13.4. The maximum absolute atomic E-state index is 12.7. The molecule has 2 atom stereocenters. The van der Waals surface area contributed by atoms with Crippen LogP contribution >= 0.6 is 7.82 Å². The molecule has 0 saturated carbocycles. The monoisotopic (exact) mass is 817 g/mol. The van der Waals surface area contributed by atoms with E-state index in [2.05, 4.69) is 26.0 Å². The van der Waals surface area contributed by atoms with Gasteiger partial charge in [-0.3, -0.25) is 18.6 Å². The number of allylic oxidation sites excluding steroid dienone is 2. The van der Waals surface area contributed by atoms with Crippen LogP contribution in [0.5, 0.6) is 0 Å². The molecule has 10 heteroatoms. The minimum Gasteiger partial charge on any atom is -0.462 e. The molecule has 1 N–H and O–H groups in total. The van der Waals surface area contributed by atoms with Gasteiger partial charge in [0.25, 0.3) is 0 Å². The Morgan fingerprint density at radius 2 is 0.929 bits per heavy atom. The fraction of sp³-hybridized carbons (Fsp3) is 0.913. The molecular weight excluding hydrogens is 725 g/mol. The molecule has 0 rings (SSSR count). The summed E-state index contributed by atoms with van der Waals surface area (Å²) >= 11 is 0. The van der Waals surface area contributed by atoms with Crippen LogP contribution in [0.2, 0.25) is 0 Å². The van der Waals surface area contributed by atoms with E-state index in [-0.39, 0.29) is 32.0 Å². The highest BCUT2D eigenvalue weighted by atomic mass is 31.2. The van der Waals surface area contributed by atoms with Crippen LogP contribution in [0.15, 0.2) is 12.2 Å². The van der Waals surface area contributed by atoms with Crippen molar-refractivity contribution < 1.29 is 42.1 Å². The Bertz CT molecular complexity index is 969. The van der Waals surface area contributed by atoms with Crippen LogP contribution in [0.3, 0.4) is 0 Å². The van der Waals surface area contributed by atoms with Crippen molar-refractivity contribution in [1.82, 2.24) is 0 Å². The molecule has 0 aliphatic carbocycles. The van der Waals surface area contributed by atoms with Crippen LogP contribution in [0.25, 0.3) is 0 Å². The summed E-state index contributed by atoms with van der Waals surface area (Å²) in [5.74, 6) is -0.829. The lowest BCUT2D eigenvalue weighted by molar-refractivity contribution is -0.870. The largest absolute Gasteiger partial charge is 0.472 e. The first kappa shape index (κ1) is 54.8. The molecule has 0 aromatic carbocycles. The van der Waals surface area contributed by atoms with Gasteiger partial charge < -0.3 is 18.9 Å². The standard InChI is InChI=1S/C46H90NO8P/c1-6-8-10-12-14-16-17-18-19-20-21-22-23-24-25-26-27-28-29-31-33-35-37-39-46(49)55-44(43-54-56(50,51)53-41-40-47(3,4)5)42-52-45(48)38-36-34-32-30-15-13-11-9-7-2/h31,33,44H,6-30,32,34-43H2,1-5H3/p+1/b33-31+/t44-/m1/s1. The molecule has 9 nitrogen and oxygen atoms in total. The molecule has 0 heterocycles. The maximum Gasteiger partial charge on any atom is 0.472 e. The summed E-state index contributed by atoms with van der Waals surface area (Å²) in [5, 5.41) is 0. The smallest absolute Gasteiger partial charge is 0.462 e. The van der Waals surface area contributed by atoms with E-state index in [9.17, 15) is 19.0 Å². The van der Waals surface area contributed by atoms with Crippen molar-refractivity contribution in [2.75, 3.05) is 47.5 Å². The second kappa shape index (κ2) is 39.2. The van der Waals surface area contributed by atoms with Gasteiger partial charge in [0, 0.05) is 12.8 Å². The summed E-state index contributed by atoms with van der Waals surface area (Å²) < 4.78 is 34.2. The molecule has 1 unspecified atom stereocenters. The van der Waals surface area contributed by atoms with Gasteiger partial charge in [0.15, 0.2) is 6.10 Å². The van der Waals surface area contributed by atoms with Gasteiger partial charge in [0.05, 0.1) is 27.7 Å². The number of likely N-dealkylation sites (N-methyl/N-ethyl adjacent to an activating group) is 1. The van der Waals surface area contributed by atoms with Crippen molar-refractivity contribution in [3.63, 3.8) is 0 Å². The van der Waals surface area contributed by atoms with Crippen molar-refractivity contribution in [1.29, 1.82) is 0 Å². The first-order chi connectivity index (χ1) is 27.0. The average molecular weight is 817 g/mol. The highest BCUT2D eigenvalue weighted by molar-refractivity contribution is 7.47. The van der Waals surface area contributed by atoms with Gasteiger partial charge in [0.1, 0.15) is 19.8 Å². The van der Waals surface area contributed by atoms with E-state index in [1.54, 1.807) is 0 Å². The van der Waals surface area contributed by atoms with E-state index in [0.29, 0.717) is 17.4 Å². The number of rotatable bonds is 43. The molecule has 56 heavy (non-hydrogen) atoms. The van der Waals surface area contributed by atoms with E-state index < -0.39 is 26.5 Å². The molecule has 0 fully saturated rings. The number of esters is 2. The SMILES string of the molecule is CCCCCCCCCCCCCCCCCCCC/C=C/CCCC(=O)O[C@H](COC(=O)CCCCCCCCCCC)COP(=O)(O)OCC[N+](C)(C)C. The first-order valence-corrected chi connectivity index (χ1v) is 24.9. The van der Waals surface area contributed by atoms with Gasteiger partial charge in [-0.15, -0.1) is 0 Å². The zero-order valence-corrected chi connectivity index (χ0v) is 38.3. The Hall–Kier alpha value is -1.25. The molecule has 0 saturated heterocycles. The fourth-order valence-electron chi connectivity index (χ4n) is 6.61. The van der Waals surface area contributed by atoms with E-state index in [1.165, 1.54) is 154 Å². The lowest BCUT2D eigenvalue weighted by Gasteiger charge is -2.24. The lowest BCUT2D eigenvalue weighted by Crippen LogP contribution is -2.37. The third kappa shape index (κ3) is 42.4. The van der Waals surface area contributed by atoms with Crippen molar-refractivity contribution in [3.8, 4) is 0 Å². The molecule has 0 spiro atoms. The molecule has 0 aliphatic heterocycles. The number of quaternary nitrogens is 1. The normalized spacial score (nSPS) is 13.6. The number of unbranched alkanes of at least 4 members (excludes halogenated alkanes) is 27. The van der Waals surface area contributed by atoms with Crippen LogP contribution in [0.4, 0.5) is 0 Å². The highest BCUT2D eigenvalue weighted by Gasteiger charge is 2.27. The maximum atomic E-state index is 12.7. The number of carbonyl (C=O) groups excluding carboxylic acids is 2. The summed E-state index contributed by atoms with van der Waals surface area (Å²) in [7, 11) is 1.47. The number of carbonyl (C=O) groups is 2. The number of phosphoric acid groups is 1. The molecule has 0 aromatic rings. The van der Waals surface area contributed by atoms with Gasteiger partial charge in [-0.2, -0.15) is 0 Å². The topological polar surface area (TPSA) is 108 Å². The molecule has 0 bridgehead atoms. The Morgan fingerprint density at radius 1 is 0.536 bits per heavy atom. The highest BCUT2D eigenvalue weighted by Crippen LogP contribution is 2.43. The number of hydrogen-bond acceptors (Lipinski definition) is 7. The van der Waals surface area contributed by atoms with E-state index in [4.69, 9.17) is 18.5 Å². The Morgan fingerprint density at radius 3 is 1.38 bits per heavy atom. The van der Waals surface area contributed by atoms with Crippen molar-refractivity contribution in [2.45, 2.75) is 225 Å². The van der Waals surface area contributed by atoms with Crippen LogP contribution in [-0.4, -0.2) is 74.9 Å². The van der Waals surface area contributed by atoms with Crippen LogP contribution in [-0.2, 0) is 32.7 Å². The number of ether oxygens (including phenoxy) is 2. The summed E-state index contributed by atoms with van der Waals surface area (Å²) in [6.45, 7) is 4.40. The number of phosphoric ester groups is 1. The fourth-order valence-corrected chi connectivity index (χ4v) is 7.35. The molecule has 332 valence electrons. The molecule has 0 aliphatic rings. The van der Waals surface area contributed by atoms with Gasteiger partial charge in [0.2, 0.25) is 0 Å². The van der Waals surface area contributed by atoms with Crippen molar-refractivity contribution in [2.24, 2.45) is 0 Å². The van der Waals surface area contributed by atoms with Crippen molar-refractivity contribution in [3.05, 3.63) is 12.2 Å². The predicted molar refractivity (Wildman–Crippen MR) is 234 cm³/mol. The van der Waals surface area contributed by atoms with Crippen LogP contribution in [0.1, 0.15) is 219 Å². The summed E-state index contributed by atoms with van der Waals surface area (Å²) in [6.07, 6.45) is 41.5. The minimum atomic E-state index is -4.37. The third-order valence-electron chi connectivity index (χ3n) is 10.3. The van der Waals surface area contributed by atoms with E-state index in [1.807, 2.05) is 21.1 Å². The zero-order chi connectivity index (χ0) is 41.4. The van der Waals surface area contributed by atoms with Gasteiger partial charge >= 0.3 is 19.8 Å². The Labute approximate surface area is 346 Å². The number of nitrogens with zero attached hydrogens (tertiary/aromatic N) is 1. The van der Waals surface area contributed by atoms with Gasteiger partial charge in [-0.25, -0.2) is 4.57 Å². The second-order valence-corrected chi connectivity index (χ2v) is 18.6. The number of hydrogen-bond donors (Lipinski definition) is 1. The molecule has 0 amide bonds. The van der Waals surface area contributed by atoms with E-state index in [0.717, 1.165) is 32.1 Å². The first-order valence-electron chi connectivity index (χ1n) is 23.4. The quantitative estimate of drug-likeness (QED) is 0.0213. The molecular formula is C46H91NO8P+. The van der Waals surface area contributed by atoms with Gasteiger partial charge in [-0.1, -0.05) is 187 Å². The second-order valence-electron chi connectivity index (χ2n) is 17.1. The van der Waals surface area contributed by atoms with Gasteiger partial charge in [-0.05, 0) is 32.1 Å². The third-order valence-corrected chi connectivity index (χ3v) is 11.3. The Kier molecular flexibility index (Phi) is 38.3. The summed E-state index contributed by atoms with van der Waals surface area (Å²) in [6, 6.07) is 0. The lowest BCUT2D eigenvalue weighted by atomic mass is 10.0. The van der Waals surface area contributed by atoms with Crippen LogP contribution < -0.4 is 0 Å². The van der Waals surface area contributed by atoms with Crippen molar-refractivity contribution >= 4 is 19.8 Å². The molecule has 0 aromatic heterocycles. The molecule has 0 radical (unpaired) electrons. The average Bonchev–Trinajstić information content (AvgIpc) is 3.15. The minimum absolute atomic E-state index is 0.0303. The summed E-state index contributed by atoms with van der Waals surface area (Å²) in [5.41, 5.74) is 0.